The van der Waals surface area contributed by atoms with Gasteiger partial charge in [0.1, 0.15) is 5.69 Å². The molecule has 1 aliphatic rings. The molecule has 2 aromatic rings. The van der Waals surface area contributed by atoms with Crippen molar-refractivity contribution in [3.05, 3.63) is 34.3 Å². The van der Waals surface area contributed by atoms with Crippen molar-refractivity contribution >= 4 is 17.2 Å². The molecule has 2 atom stereocenters. The van der Waals surface area contributed by atoms with E-state index < -0.39 is 0 Å². The Morgan fingerprint density at radius 3 is 3.05 bits per heavy atom. The van der Waals surface area contributed by atoms with E-state index in [9.17, 15) is 4.79 Å². The molecule has 1 fully saturated rings. The zero-order chi connectivity index (χ0) is 15.4. The van der Waals surface area contributed by atoms with Gasteiger partial charge in [-0.3, -0.25) is 4.79 Å². The molecule has 1 amide bonds. The van der Waals surface area contributed by atoms with Gasteiger partial charge in [-0.15, -0.1) is 16.4 Å². The van der Waals surface area contributed by atoms with E-state index in [0.717, 1.165) is 30.6 Å². The zero-order valence-electron chi connectivity index (χ0n) is 12.3. The van der Waals surface area contributed by atoms with Gasteiger partial charge in [0.05, 0.1) is 31.3 Å². The number of nitrogens with zero attached hydrogens (tertiary/aromatic N) is 3. The van der Waals surface area contributed by atoms with Crippen molar-refractivity contribution in [2.24, 2.45) is 0 Å². The Morgan fingerprint density at radius 2 is 2.32 bits per heavy atom. The second kappa shape index (κ2) is 7.02. The van der Waals surface area contributed by atoms with Gasteiger partial charge in [0.25, 0.3) is 0 Å². The monoisotopic (exact) mass is 320 g/mol. The maximum Gasteiger partial charge on any atom is 0.225 e. The number of nitrogens with one attached hydrogen (secondary N) is 1. The maximum absolute atomic E-state index is 12.2. The fourth-order valence-electron chi connectivity index (χ4n) is 2.97. The molecule has 0 bridgehead atoms. The van der Waals surface area contributed by atoms with Crippen molar-refractivity contribution < 1.29 is 9.90 Å². The third-order valence-corrected chi connectivity index (χ3v) is 4.93. The first-order valence-corrected chi connectivity index (χ1v) is 8.47. The van der Waals surface area contributed by atoms with E-state index in [-0.39, 0.29) is 24.6 Å². The van der Waals surface area contributed by atoms with E-state index in [4.69, 9.17) is 5.11 Å². The summed E-state index contributed by atoms with van der Waals surface area (Å²) >= 11 is 1.60. The van der Waals surface area contributed by atoms with Gasteiger partial charge in [-0.1, -0.05) is 24.1 Å². The number of aromatic nitrogens is 3. The number of aliphatic hydroxyl groups excluding tert-OH is 1. The first kappa shape index (κ1) is 15.2. The summed E-state index contributed by atoms with van der Waals surface area (Å²) in [7, 11) is 0. The minimum Gasteiger partial charge on any atom is -0.390 e. The van der Waals surface area contributed by atoms with Crippen LogP contribution in [-0.4, -0.2) is 32.0 Å². The molecule has 1 aliphatic carbocycles. The minimum absolute atomic E-state index is 0.0573. The Hall–Kier alpha value is -1.73. The molecule has 0 aromatic carbocycles. The number of hydrogen-bond donors (Lipinski definition) is 2. The largest absolute Gasteiger partial charge is 0.390 e. The fourth-order valence-corrected chi connectivity index (χ4v) is 3.68. The molecule has 0 saturated heterocycles. The van der Waals surface area contributed by atoms with Crippen molar-refractivity contribution in [3.63, 3.8) is 0 Å². The van der Waals surface area contributed by atoms with Crippen molar-refractivity contribution in [2.75, 3.05) is 0 Å². The van der Waals surface area contributed by atoms with Crippen molar-refractivity contribution in [3.8, 4) is 0 Å². The molecular weight excluding hydrogens is 300 g/mol. The predicted molar refractivity (Wildman–Crippen MR) is 83.4 cm³/mol. The van der Waals surface area contributed by atoms with Crippen LogP contribution >= 0.6 is 11.3 Å². The SMILES string of the molecule is O=C(Cc1cccs1)N[C@H]1CCCC[C@H]1n1cc(CO)nn1. The summed E-state index contributed by atoms with van der Waals surface area (Å²) in [6.45, 7) is -0.109. The molecule has 0 aliphatic heterocycles. The summed E-state index contributed by atoms with van der Waals surface area (Å²) in [4.78, 5) is 13.3. The van der Waals surface area contributed by atoms with Crippen LogP contribution in [0.1, 0.15) is 42.3 Å². The Labute approximate surface area is 133 Å². The van der Waals surface area contributed by atoms with Gasteiger partial charge in [-0.05, 0) is 24.3 Å². The van der Waals surface area contributed by atoms with E-state index >= 15 is 0 Å². The average Bonchev–Trinajstić information content (AvgIpc) is 3.19. The quantitative estimate of drug-likeness (QED) is 0.878. The lowest BCUT2D eigenvalue weighted by Gasteiger charge is -2.32. The first-order valence-electron chi connectivity index (χ1n) is 7.59. The second-order valence-electron chi connectivity index (χ2n) is 5.63. The topological polar surface area (TPSA) is 80.0 Å². The Kier molecular flexibility index (Phi) is 4.84. The standard InChI is InChI=1S/C15H20N4O2S/c20-10-11-9-19(18-17-11)14-6-2-1-5-13(14)16-15(21)8-12-4-3-7-22-12/h3-4,7,9,13-14,20H,1-2,5-6,8,10H2,(H,16,21)/t13-,14+/m0/s1. The molecule has 2 N–H and O–H groups in total. The Morgan fingerprint density at radius 1 is 1.45 bits per heavy atom. The summed E-state index contributed by atoms with van der Waals surface area (Å²) in [5, 5.41) is 22.3. The molecule has 2 heterocycles. The smallest absolute Gasteiger partial charge is 0.225 e. The molecule has 0 radical (unpaired) electrons. The van der Waals surface area contributed by atoms with Crippen molar-refractivity contribution in [2.45, 2.75) is 50.8 Å². The Balaban J connectivity index is 1.65. The van der Waals surface area contributed by atoms with Crippen LogP contribution < -0.4 is 5.32 Å². The highest BCUT2D eigenvalue weighted by molar-refractivity contribution is 7.10. The van der Waals surface area contributed by atoms with Crippen LogP contribution in [0.4, 0.5) is 0 Å². The van der Waals surface area contributed by atoms with Crippen LogP contribution in [0.2, 0.25) is 0 Å². The van der Waals surface area contributed by atoms with Crippen LogP contribution in [0.3, 0.4) is 0 Å². The van der Waals surface area contributed by atoms with Gasteiger partial charge in [-0.25, -0.2) is 4.68 Å². The van der Waals surface area contributed by atoms with E-state index in [2.05, 4.69) is 15.6 Å². The third kappa shape index (κ3) is 3.53. The van der Waals surface area contributed by atoms with E-state index in [1.165, 1.54) is 0 Å². The number of aliphatic hydroxyl groups is 1. The number of hydrogen-bond acceptors (Lipinski definition) is 5. The van der Waals surface area contributed by atoms with E-state index in [1.807, 2.05) is 17.5 Å². The molecule has 2 aromatic heterocycles. The molecule has 6 nitrogen and oxygen atoms in total. The number of rotatable bonds is 5. The lowest BCUT2D eigenvalue weighted by Crippen LogP contribution is -2.43. The zero-order valence-corrected chi connectivity index (χ0v) is 13.1. The van der Waals surface area contributed by atoms with Crippen LogP contribution in [0, 0.1) is 0 Å². The minimum atomic E-state index is -0.109. The highest BCUT2D eigenvalue weighted by Crippen LogP contribution is 2.28. The van der Waals surface area contributed by atoms with Crippen molar-refractivity contribution in [1.29, 1.82) is 0 Å². The third-order valence-electron chi connectivity index (χ3n) is 4.05. The van der Waals surface area contributed by atoms with Gasteiger partial charge >= 0.3 is 0 Å². The molecule has 3 rings (SSSR count). The van der Waals surface area contributed by atoms with Gasteiger partial charge < -0.3 is 10.4 Å². The van der Waals surface area contributed by atoms with Gasteiger partial charge in [0.15, 0.2) is 0 Å². The van der Waals surface area contributed by atoms with Crippen LogP contribution in [0.15, 0.2) is 23.7 Å². The van der Waals surface area contributed by atoms with E-state index in [0.29, 0.717) is 12.1 Å². The number of amides is 1. The first-order chi connectivity index (χ1) is 10.8. The summed E-state index contributed by atoms with van der Waals surface area (Å²) in [5.41, 5.74) is 0.564. The molecule has 7 heteroatoms. The maximum atomic E-state index is 12.2. The highest BCUT2D eigenvalue weighted by atomic mass is 32.1. The highest BCUT2D eigenvalue weighted by Gasteiger charge is 2.28. The number of thiophene rings is 1. The van der Waals surface area contributed by atoms with Gasteiger partial charge in [0.2, 0.25) is 5.91 Å². The van der Waals surface area contributed by atoms with E-state index in [1.54, 1.807) is 22.2 Å². The van der Waals surface area contributed by atoms with Crippen molar-refractivity contribution in [1.82, 2.24) is 20.3 Å². The molecule has 1 saturated carbocycles. The average molecular weight is 320 g/mol. The molecule has 22 heavy (non-hydrogen) atoms. The molecule has 118 valence electrons. The van der Waals surface area contributed by atoms with Crippen LogP contribution in [0.5, 0.6) is 0 Å². The predicted octanol–water partition coefficient (Wildman–Crippen LogP) is 1.67. The lowest BCUT2D eigenvalue weighted by atomic mass is 9.90. The molecular formula is C15H20N4O2S. The number of carbonyl (C=O) groups excluding carboxylic acids is 1. The Bertz CT molecular complexity index is 611. The summed E-state index contributed by atoms with van der Waals surface area (Å²) < 4.78 is 1.79. The van der Waals surface area contributed by atoms with Gasteiger partial charge in [0, 0.05) is 4.88 Å². The van der Waals surface area contributed by atoms with Crippen LogP contribution in [0.25, 0.3) is 0 Å². The molecule has 0 spiro atoms. The van der Waals surface area contributed by atoms with Crippen LogP contribution in [-0.2, 0) is 17.8 Å². The summed E-state index contributed by atoms with van der Waals surface area (Å²) in [6.07, 6.45) is 6.36. The number of carbonyl (C=O) groups is 1. The molecule has 0 unspecified atom stereocenters. The summed E-state index contributed by atoms with van der Waals surface area (Å²) in [5.74, 6) is 0.0573. The normalized spacial score (nSPS) is 21.7. The summed E-state index contributed by atoms with van der Waals surface area (Å²) in [6, 6.07) is 4.14. The fraction of sp³-hybridized carbons (Fsp3) is 0.533. The van der Waals surface area contributed by atoms with Gasteiger partial charge in [-0.2, -0.15) is 0 Å². The second-order valence-corrected chi connectivity index (χ2v) is 6.66. The lowest BCUT2D eigenvalue weighted by molar-refractivity contribution is -0.121.